The highest BCUT2D eigenvalue weighted by molar-refractivity contribution is 6.00. The molecule has 33 heavy (non-hydrogen) atoms. The molecule has 0 spiro atoms. The van der Waals surface area contributed by atoms with Crippen LogP contribution in [-0.4, -0.2) is 57.2 Å². The Hall–Kier alpha value is -3.22. The Balaban J connectivity index is 1.46. The topological polar surface area (TPSA) is 68.3 Å². The minimum atomic E-state index is -0.339. The number of carbonyl (C=O) groups is 2. The third-order valence-electron chi connectivity index (χ3n) is 6.70. The molecule has 0 saturated carbocycles. The van der Waals surface area contributed by atoms with Crippen molar-refractivity contribution in [1.82, 2.24) is 4.90 Å². The number of amides is 2. The third-order valence-corrected chi connectivity index (χ3v) is 6.70. The maximum Gasteiger partial charge on any atom is 0.228 e. The van der Waals surface area contributed by atoms with Crippen LogP contribution in [0.25, 0.3) is 0 Å². The number of ether oxygens (including phenoxy) is 3. The second-order valence-electron chi connectivity index (χ2n) is 8.64. The minimum absolute atomic E-state index is 0.0670. The number of hydrogen-bond donors (Lipinski definition) is 0. The van der Waals surface area contributed by atoms with Gasteiger partial charge in [-0.2, -0.15) is 0 Å². The van der Waals surface area contributed by atoms with Gasteiger partial charge in [0, 0.05) is 37.7 Å². The average molecular weight is 453 g/mol. The molecule has 176 valence electrons. The Kier molecular flexibility index (Phi) is 7.06. The number of anilines is 1. The highest BCUT2D eigenvalue weighted by Crippen LogP contribution is 2.42. The normalized spacial score (nSPS) is 20.3. The van der Waals surface area contributed by atoms with Crippen LogP contribution in [0.4, 0.5) is 5.69 Å². The monoisotopic (exact) mass is 452 g/mol. The summed E-state index contributed by atoms with van der Waals surface area (Å²) in [6, 6.07) is 14.1. The summed E-state index contributed by atoms with van der Waals surface area (Å²) in [7, 11) is 4.63. The van der Waals surface area contributed by atoms with Crippen molar-refractivity contribution in [3.05, 3.63) is 48.0 Å². The Labute approximate surface area is 195 Å². The van der Waals surface area contributed by atoms with Gasteiger partial charge < -0.3 is 24.0 Å². The smallest absolute Gasteiger partial charge is 0.228 e. The molecule has 7 nitrogen and oxygen atoms in total. The van der Waals surface area contributed by atoms with Crippen LogP contribution in [0.2, 0.25) is 0 Å². The van der Waals surface area contributed by atoms with Crippen molar-refractivity contribution < 1.29 is 23.8 Å². The Morgan fingerprint density at radius 3 is 2.36 bits per heavy atom. The van der Waals surface area contributed by atoms with Crippen LogP contribution < -0.4 is 19.1 Å². The molecule has 0 bridgehead atoms. The number of aryl methyl sites for hydroxylation is 1. The summed E-state index contributed by atoms with van der Waals surface area (Å²) in [4.78, 5) is 30.0. The summed E-state index contributed by atoms with van der Waals surface area (Å²) in [5.74, 6) is 1.12. The molecule has 7 heteroatoms. The predicted molar refractivity (Wildman–Crippen MR) is 126 cm³/mol. The molecular formula is C26H32N2O5. The fourth-order valence-electron chi connectivity index (χ4n) is 4.98. The van der Waals surface area contributed by atoms with Gasteiger partial charge in [-0.05, 0) is 31.2 Å². The van der Waals surface area contributed by atoms with Crippen LogP contribution >= 0.6 is 0 Å². The Morgan fingerprint density at radius 2 is 1.73 bits per heavy atom. The van der Waals surface area contributed by atoms with Gasteiger partial charge in [-0.1, -0.05) is 30.3 Å². The molecule has 0 N–H and O–H groups in total. The molecule has 2 saturated heterocycles. The number of likely N-dealkylation sites (tertiary alicyclic amines) is 1. The molecule has 2 aromatic rings. The highest BCUT2D eigenvalue weighted by Gasteiger charge is 2.40. The average Bonchev–Trinajstić information content (AvgIpc) is 3.48. The molecule has 0 aromatic heterocycles. The van der Waals surface area contributed by atoms with Gasteiger partial charge in [0.25, 0.3) is 0 Å². The van der Waals surface area contributed by atoms with E-state index < -0.39 is 0 Å². The van der Waals surface area contributed by atoms with Crippen LogP contribution in [0.3, 0.4) is 0 Å². The van der Waals surface area contributed by atoms with E-state index in [9.17, 15) is 9.59 Å². The van der Waals surface area contributed by atoms with Gasteiger partial charge in [0.2, 0.25) is 17.6 Å². The van der Waals surface area contributed by atoms with Crippen LogP contribution in [0.5, 0.6) is 17.2 Å². The number of nitrogens with zero attached hydrogens (tertiary/aromatic N) is 2. The number of benzene rings is 2. The first-order valence-corrected chi connectivity index (χ1v) is 11.5. The minimum Gasteiger partial charge on any atom is -0.493 e. The molecular weight excluding hydrogens is 420 g/mol. The lowest BCUT2D eigenvalue weighted by molar-refractivity contribution is -0.136. The first-order chi connectivity index (χ1) is 16.0. The number of methoxy groups -OCH3 is 3. The third kappa shape index (κ3) is 4.77. The lowest BCUT2D eigenvalue weighted by Gasteiger charge is -2.27. The SMILES string of the molecule is COc1cc(N2CC(C(=O)N3CCCC3CCc3ccccc3)CC2=O)cc(OC)c1OC. The van der Waals surface area contributed by atoms with Crippen LogP contribution in [0.15, 0.2) is 42.5 Å². The summed E-state index contributed by atoms with van der Waals surface area (Å²) in [6.07, 6.45) is 4.17. The van der Waals surface area contributed by atoms with Crippen molar-refractivity contribution in [2.75, 3.05) is 39.3 Å². The van der Waals surface area contributed by atoms with Gasteiger partial charge in [0.15, 0.2) is 11.5 Å². The lowest BCUT2D eigenvalue weighted by atomic mass is 10.0. The molecule has 2 aliphatic rings. The molecule has 2 aliphatic heterocycles. The number of carbonyl (C=O) groups excluding carboxylic acids is 2. The molecule has 0 radical (unpaired) electrons. The van der Waals surface area contributed by atoms with E-state index in [-0.39, 0.29) is 30.2 Å². The van der Waals surface area contributed by atoms with Crippen molar-refractivity contribution in [3.8, 4) is 17.2 Å². The Bertz CT molecular complexity index is 968. The van der Waals surface area contributed by atoms with Crippen LogP contribution in [-0.2, 0) is 16.0 Å². The largest absolute Gasteiger partial charge is 0.493 e. The van der Waals surface area contributed by atoms with E-state index in [1.165, 1.54) is 5.56 Å². The van der Waals surface area contributed by atoms with Crippen molar-refractivity contribution in [3.63, 3.8) is 0 Å². The van der Waals surface area contributed by atoms with E-state index in [4.69, 9.17) is 14.2 Å². The summed E-state index contributed by atoms with van der Waals surface area (Å²) in [5.41, 5.74) is 1.94. The summed E-state index contributed by atoms with van der Waals surface area (Å²) < 4.78 is 16.2. The molecule has 2 unspecified atom stereocenters. The predicted octanol–water partition coefficient (Wildman–Crippen LogP) is 3.69. The fourth-order valence-corrected chi connectivity index (χ4v) is 4.98. The molecule has 0 aliphatic carbocycles. The van der Waals surface area contributed by atoms with Gasteiger partial charge in [0.1, 0.15) is 0 Å². The number of hydrogen-bond acceptors (Lipinski definition) is 5. The maximum atomic E-state index is 13.4. The molecule has 2 heterocycles. The van der Waals surface area contributed by atoms with Crippen LogP contribution in [0, 0.1) is 5.92 Å². The quantitative estimate of drug-likeness (QED) is 0.611. The second kappa shape index (κ2) is 10.1. The standard InChI is InChI=1S/C26H32N2O5/c1-31-22-15-21(16-23(32-2)25(22)33-3)28-17-19(14-24(28)29)26(30)27-13-7-10-20(27)12-11-18-8-5-4-6-9-18/h4-6,8-9,15-16,19-20H,7,10-14,17H2,1-3H3. The summed E-state index contributed by atoms with van der Waals surface area (Å²) >= 11 is 0. The van der Waals surface area contributed by atoms with Crippen molar-refractivity contribution >= 4 is 17.5 Å². The molecule has 2 atom stereocenters. The first-order valence-electron chi connectivity index (χ1n) is 11.5. The van der Waals surface area contributed by atoms with Gasteiger partial charge >= 0.3 is 0 Å². The van der Waals surface area contributed by atoms with Gasteiger partial charge in [-0.25, -0.2) is 0 Å². The van der Waals surface area contributed by atoms with E-state index in [2.05, 4.69) is 24.3 Å². The van der Waals surface area contributed by atoms with E-state index in [1.807, 2.05) is 11.0 Å². The van der Waals surface area contributed by atoms with E-state index >= 15 is 0 Å². The molecule has 2 fully saturated rings. The zero-order valence-electron chi connectivity index (χ0n) is 19.6. The van der Waals surface area contributed by atoms with E-state index in [0.717, 1.165) is 32.2 Å². The lowest BCUT2D eigenvalue weighted by Crippen LogP contribution is -2.40. The Morgan fingerprint density at radius 1 is 1.03 bits per heavy atom. The van der Waals surface area contributed by atoms with E-state index in [0.29, 0.717) is 29.5 Å². The highest BCUT2D eigenvalue weighted by atomic mass is 16.5. The molecule has 2 aromatic carbocycles. The van der Waals surface area contributed by atoms with Crippen LogP contribution in [0.1, 0.15) is 31.2 Å². The van der Waals surface area contributed by atoms with E-state index in [1.54, 1.807) is 38.4 Å². The van der Waals surface area contributed by atoms with Crippen molar-refractivity contribution in [2.24, 2.45) is 5.92 Å². The van der Waals surface area contributed by atoms with Crippen molar-refractivity contribution in [1.29, 1.82) is 0 Å². The summed E-state index contributed by atoms with van der Waals surface area (Å²) in [6.45, 7) is 1.13. The second-order valence-corrected chi connectivity index (χ2v) is 8.64. The van der Waals surface area contributed by atoms with Crippen molar-refractivity contribution in [2.45, 2.75) is 38.1 Å². The van der Waals surface area contributed by atoms with Gasteiger partial charge in [-0.3, -0.25) is 9.59 Å². The van der Waals surface area contributed by atoms with Gasteiger partial charge in [-0.15, -0.1) is 0 Å². The zero-order valence-corrected chi connectivity index (χ0v) is 19.6. The van der Waals surface area contributed by atoms with Gasteiger partial charge in [0.05, 0.1) is 32.9 Å². The summed E-state index contributed by atoms with van der Waals surface area (Å²) in [5, 5.41) is 0. The number of rotatable bonds is 8. The fraction of sp³-hybridized carbons (Fsp3) is 0.462. The first kappa shape index (κ1) is 23.0. The molecule has 4 rings (SSSR count). The maximum absolute atomic E-state index is 13.4. The zero-order chi connectivity index (χ0) is 23.4. The molecule has 2 amide bonds.